The molecule has 0 aliphatic carbocycles. The lowest BCUT2D eigenvalue weighted by Crippen LogP contribution is -2.24. The Morgan fingerprint density at radius 1 is 1.04 bits per heavy atom. The summed E-state index contributed by atoms with van der Waals surface area (Å²) in [4.78, 5) is 28.6. The van der Waals surface area contributed by atoms with E-state index in [-0.39, 0.29) is 18.1 Å². The van der Waals surface area contributed by atoms with E-state index in [1.807, 2.05) is 51.1 Å². The molecule has 0 fully saturated rings. The topological polar surface area (TPSA) is 55.7 Å². The van der Waals surface area contributed by atoms with Crippen molar-refractivity contribution in [2.45, 2.75) is 34.1 Å². The van der Waals surface area contributed by atoms with Crippen molar-refractivity contribution in [1.82, 2.24) is 0 Å². The van der Waals surface area contributed by atoms with E-state index in [1.54, 1.807) is 19.1 Å². The average Bonchev–Trinajstić information content (AvgIpc) is 2.53. The molecule has 4 heteroatoms. The summed E-state index contributed by atoms with van der Waals surface area (Å²) >= 11 is 0. The molecule has 4 nitrogen and oxygen atoms in total. The maximum atomic E-state index is 12.4. The first-order valence-electron chi connectivity index (χ1n) is 8.08. The van der Waals surface area contributed by atoms with Gasteiger partial charge < -0.3 is 4.74 Å². The molecule has 1 amide bonds. The summed E-state index contributed by atoms with van der Waals surface area (Å²) in [5, 5.41) is 2.04. The van der Waals surface area contributed by atoms with Gasteiger partial charge in [0.1, 0.15) is 5.78 Å². The molecule has 0 unspecified atom stereocenters. The highest BCUT2D eigenvalue weighted by molar-refractivity contribution is 6.08. The van der Waals surface area contributed by atoms with Crippen LogP contribution in [0.5, 0.6) is 0 Å². The lowest BCUT2D eigenvalue weighted by atomic mass is 9.89. The van der Waals surface area contributed by atoms with Crippen molar-refractivity contribution in [3.8, 4) is 0 Å². The van der Waals surface area contributed by atoms with Gasteiger partial charge in [0.05, 0.1) is 13.0 Å². The zero-order valence-corrected chi connectivity index (χ0v) is 14.6. The number of carbonyl (C=O) groups excluding carboxylic acids is 2. The lowest BCUT2D eigenvalue weighted by Gasteiger charge is -2.17. The number of hydrogen-bond acceptors (Lipinski definition) is 3. The highest BCUT2D eigenvalue weighted by atomic mass is 16.5. The predicted octanol–water partition coefficient (Wildman–Crippen LogP) is 4.42. The summed E-state index contributed by atoms with van der Waals surface area (Å²) in [5.41, 5.74) is -0.0155. The first kappa shape index (κ1) is 17.9. The van der Waals surface area contributed by atoms with E-state index >= 15 is 0 Å². The lowest BCUT2D eigenvalue weighted by molar-refractivity contribution is -0.125. The van der Waals surface area contributed by atoms with E-state index in [2.05, 4.69) is 4.99 Å². The largest absolute Gasteiger partial charge is 0.481 e. The van der Waals surface area contributed by atoms with Crippen LogP contribution in [0.1, 0.15) is 44.5 Å². The molecule has 0 atom stereocenters. The van der Waals surface area contributed by atoms with Crippen LogP contribution in [0.25, 0.3) is 10.8 Å². The second-order valence-electron chi connectivity index (χ2n) is 6.66. The minimum atomic E-state index is -0.496. The third-order valence-corrected chi connectivity index (χ3v) is 3.68. The van der Waals surface area contributed by atoms with Gasteiger partial charge in [0.15, 0.2) is 5.90 Å². The first-order valence-corrected chi connectivity index (χ1v) is 8.08. The average molecular weight is 325 g/mol. The number of carbonyl (C=O) groups is 2. The number of nitrogens with zero attached hydrogens (tertiary/aromatic N) is 1. The Hall–Kier alpha value is -2.49. The highest BCUT2D eigenvalue weighted by Crippen LogP contribution is 2.19. The number of ketones is 1. The van der Waals surface area contributed by atoms with E-state index < -0.39 is 11.3 Å². The Labute approximate surface area is 142 Å². The molecule has 0 heterocycles. The number of rotatable bonds is 4. The molecule has 2 rings (SSSR count). The highest BCUT2D eigenvalue weighted by Gasteiger charge is 2.24. The first-order chi connectivity index (χ1) is 11.3. The van der Waals surface area contributed by atoms with Crippen LogP contribution in [0, 0.1) is 5.41 Å². The Bertz CT molecular complexity index is 785. The van der Waals surface area contributed by atoms with Crippen LogP contribution < -0.4 is 0 Å². The van der Waals surface area contributed by atoms with E-state index in [1.165, 1.54) is 0 Å². The monoisotopic (exact) mass is 325 g/mol. The quantitative estimate of drug-likeness (QED) is 0.617. The molecule has 0 aliphatic rings. The van der Waals surface area contributed by atoms with Gasteiger partial charge in [-0.3, -0.25) is 9.59 Å². The van der Waals surface area contributed by atoms with Crippen LogP contribution in [0.2, 0.25) is 0 Å². The second kappa shape index (κ2) is 7.39. The van der Waals surface area contributed by atoms with Gasteiger partial charge in [0, 0.05) is 11.0 Å². The molecule has 2 aromatic rings. The SMILES string of the molecule is CCO/C(CC(=O)C(C)(C)C)=N\C(=O)c1ccc2ccccc2c1. The number of Topliss-reactive ketones (excluding diaryl/α,β-unsaturated/α-hetero) is 1. The van der Waals surface area contributed by atoms with Gasteiger partial charge in [-0.1, -0.05) is 51.1 Å². The standard InChI is InChI=1S/C20H23NO3/c1-5-24-18(13-17(22)20(2,3)4)21-19(23)16-11-10-14-8-6-7-9-15(14)12-16/h6-12H,5,13H2,1-4H3/b21-18-. The van der Waals surface area contributed by atoms with Crippen LogP contribution in [0.4, 0.5) is 0 Å². The molecule has 0 spiro atoms. The van der Waals surface area contributed by atoms with Crippen LogP contribution >= 0.6 is 0 Å². The Morgan fingerprint density at radius 3 is 2.33 bits per heavy atom. The number of amides is 1. The van der Waals surface area contributed by atoms with Crippen LogP contribution in [0.15, 0.2) is 47.5 Å². The fourth-order valence-corrected chi connectivity index (χ4v) is 2.19. The normalized spacial score (nSPS) is 12.2. The van der Waals surface area contributed by atoms with E-state index in [9.17, 15) is 9.59 Å². The molecule has 24 heavy (non-hydrogen) atoms. The van der Waals surface area contributed by atoms with Crippen LogP contribution in [-0.4, -0.2) is 24.2 Å². The summed E-state index contributed by atoms with van der Waals surface area (Å²) in [6, 6.07) is 13.2. The molecule has 0 bridgehead atoms. The van der Waals surface area contributed by atoms with Crippen molar-refractivity contribution in [2.75, 3.05) is 6.61 Å². The third kappa shape index (κ3) is 4.51. The van der Waals surface area contributed by atoms with Crippen LogP contribution in [-0.2, 0) is 9.53 Å². The van der Waals surface area contributed by atoms with Gasteiger partial charge in [-0.2, -0.15) is 4.99 Å². The molecule has 0 aliphatic heterocycles. The molecular formula is C20H23NO3. The Balaban J connectivity index is 2.26. The number of ether oxygens (including phenoxy) is 1. The van der Waals surface area contributed by atoms with Gasteiger partial charge in [-0.25, -0.2) is 0 Å². The molecule has 0 N–H and O–H groups in total. The van der Waals surface area contributed by atoms with Crippen LogP contribution in [0.3, 0.4) is 0 Å². The maximum Gasteiger partial charge on any atom is 0.280 e. The van der Waals surface area contributed by atoms with Crippen molar-refractivity contribution in [2.24, 2.45) is 10.4 Å². The number of benzene rings is 2. The zero-order chi connectivity index (χ0) is 17.7. The molecule has 2 aromatic carbocycles. The van der Waals surface area contributed by atoms with Crippen molar-refractivity contribution < 1.29 is 14.3 Å². The van der Waals surface area contributed by atoms with E-state index in [0.717, 1.165) is 10.8 Å². The summed E-state index contributed by atoms with van der Waals surface area (Å²) in [7, 11) is 0. The van der Waals surface area contributed by atoms with Gasteiger partial charge in [-0.05, 0) is 29.8 Å². The minimum Gasteiger partial charge on any atom is -0.481 e. The summed E-state index contributed by atoms with van der Waals surface area (Å²) in [6.07, 6.45) is 0.0245. The van der Waals surface area contributed by atoms with Crippen molar-refractivity contribution in [3.63, 3.8) is 0 Å². The Morgan fingerprint density at radius 2 is 1.71 bits per heavy atom. The fraction of sp³-hybridized carbons (Fsp3) is 0.350. The van der Waals surface area contributed by atoms with Crippen molar-refractivity contribution in [3.05, 3.63) is 48.0 Å². The smallest absolute Gasteiger partial charge is 0.280 e. The summed E-state index contributed by atoms with van der Waals surface area (Å²) in [6.45, 7) is 7.68. The predicted molar refractivity (Wildman–Crippen MR) is 96.4 cm³/mol. The fourth-order valence-electron chi connectivity index (χ4n) is 2.19. The third-order valence-electron chi connectivity index (χ3n) is 3.68. The molecule has 0 aromatic heterocycles. The van der Waals surface area contributed by atoms with Gasteiger partial charge in [-0.15, -0.1) is 0 Å². The van der Waals surface area contributed by atoms with Gasteiger partial charge in [0.2, 0.25) is 0 Å². The number of fused-ring (bicyclic) bond motifs is 1. The minimum absolute atomic E-state index is 0.0130. The van der Waals surface area contributed by atoms with Crippen molar-refractivity contribution >= 4 is 28.4 Å². The summed E-state index contributed by atoms with van der Waals surface area (Å²) in [5.74, 6) is -0.234. The summed E-state index contributed by atoms with van der Waals surface area (Å²) < 4.78 is 5.40. The Kier molecular flexibility index (Phi) is 5.50. The zero-order valence-electron chi connectivity index (χ0n) is 14.6. The van der Waals surface area contributed by atoms with E-state index in [0.29, 0.717) is 12.2 Å². The molecule has 0 saturated carbocycles. The molecule has 0 radical (unpaired) electrons. The van der Waals surface area contributed by atoms with E-state index in [4.69, 9.17) is 4.74 Å². The number of aliphatic imine (C=N–C) groups is 1. The molecular weight excluding hydrogens is 302 g/mol. The maximum absolute atomic E-state index is 12.4. The van der Waals surface area contributed by atoms with Crippen molar-refractivity contribution in [1.29, 1.82) is 0 Å². The molecule has 126 valence electrons. The molecule has 0 saturated heterocycles. The van der Waals surface area contributed by atoms with Gasteiger partial charge in [0.25, 0.3) is 5.91 Å². The second-order valence-corrected chi connectivity index (χ2v) is 6.66. The number of hydrogen-bond donors (Lipinski definition) is 0. The van der Waals surface area contributed by atoms with Gasteiger partial charge >= 0.3 is 0 Å².